The van der Waals surface area contributed by atoms with Gasteiger partial charge in [-0.1, -0.05) is 31.0 Å². The molecule has 0 unspecified atom stereocenters. The minimum atomic E-state index is -0.977. The fourth-order valence-corrected chi connectivity index (χ4v) is 2.46. The zero-order chi connectivity index (χ0) is 15.1. The van der Waals surface area contributed by atoms with Crippen LogP contribution >= 0.6 is 0 Å². The molecule has 0 radical (unpaired) electrons. The van der Waals surface area contributed by atoms with E-state index in [1.807, 2.05) is 24.3 Å². The molecule has 0 saturated heterocycles. The van der Waals surface area contributed by atoms with Crippen molar-refractivity contribution in [3.8, 4) is 0 Å². The fourth-order valence-electron chi connectivity index (χ4n) is 2.46. The number of carbonyl (C=O) groups excluding carboxylic acids is 1. The number of carboxylic acid groups (broad SMARTS) is 1. The van der Waals surface area contributed by atoms with Crippen molar-refractivity contribution in [3.63, 3.8) is 0 Å². The summed E-state index contributed by atoms with van der Waals surface area (Å²) in [6, 6.07) is 7.57. The lowest BCUT2D eigenvalue weighted by atomic mass is 10.1. The molecule has 0 atom stereocenters. The van der Waals surface area contributed by atoms with Crippen LogP contribution in [0.2, 0.25) is 0 Å². The summed E-state index contributed by atoms with van der Waals surface area (Å²) in [5.41, 5.74) is 1.73. The van der Waals surface area contributed by atoms with Crippen LogP contribution in [0.4, 0.5) is 4.79 Å². The first-order valence-electron chi connectivity index (χ1n) is 7.18. The molecule has 1 aliphatic carbocycles. The molecule has 0 aliphatic heterocycles. The Kier molecular flexibility index (Phi) is 5.37. The quantitative estimate of drug-likeness (QED) is 0.728. The zero-order valence-electron chi connectivity index (χ0n) is 11.8. The molecule has 1 aromatic carbocycles. The minimum absolute atomic E-state index is 0.145. The summed E-state index contributed by atoms with van der Waals surface area (Å²) in [4.78, 5) is 22.2. The van der Waals surface area contributed by atoms with Crippen molar-refractivity contribution in [3.05, 3.63) is 41.5 Å². The molecule has 5 nitrogen and oxygen atoms in total. The molecule has 0 aromatic heterocycles. The molecule has 1 saturated carbocycles. The Morgan fingerprint density at radius 1 is 1.29 bits per heavy atom. The number of nitrogens with one attached hydrogen (secondary N) is 2. The number of amides is 2. The van der Waals surface area contributed by atoms with Gasteiger partial charge in [0.05, 0.1) is 0 Å². The normalized spacial score (nSPS) is 15.2. The summed E-state index contributed by atoms with van der Waals surface area (Å²) < 4.78 is 0. The van der Waals surface area contributed by atoms with Crippen molar-refractivity contribution in [1.82, 2.24) is 10.6 Å². The van der Waals surface area contributed by atoms with E-state index in [1.165, 1.54) is 18.9 Å². The highest BCUT2D eigenvalue weighted by Gasteiger charge is 2.16. The zero-order valence-corrected chi connectivity index (χ0v) is 11.8. The highest BCUT2D eigenvalue weighted by molar-refractivity contribution is 5.85. The third-order valence-electron chi connectivity index (χ3n) is 3.51. The van der Waals surface area contributed by atoms with E-state index >= 15 is 0 Å². The highest BCUT2D eigenvalue weighted by Crippen LogP contribution is 2.17. The van der Waals surface area contributed by atoms with E-state index in [1.54, 1.807) is 0 Å². The van der Waals surface area contributed by atoms with Crippen LogP contribution in [0, 0.1) is 0 Å². The maximum Gasteiger partial charge on any atom is 0.328 e. The summed E-state index contributed by atoms with van der Waals surface area (Å²) in [5, 5.41) is 14.4. The van der Waals surface area contributed by atoms with Gasteiger partial charge >= 0.3 is 12.0 Å². The number of urea groups is 1. The maximum atomic E-state index is 11.8. The summed E-state index contributed by atoms with van der Waals surface area (Å²) in [7, 11) is 0. The van der Waals surface area contributed by atoms with Gasteiger partial charge in [0.1, 0.15) is 0 Å². The second kappa shape index (κ2) is 7.47. The predicted octanol–water partition coefficient (Wildman–Crippen LogP) is 2.53. The van der Waals surface area contributed by atoms with Crippen LogP contribution in [0.1, 0.15) is 36.8 Å². The molecular weight excluding hydrogens is 268 g/mol. The van der Waals surface area contributed by atoms with E-state index in [0.29, 0.717) is 12.6 Å². The molecule has 2 rings (SSSR count). The molecular formula is C16H20N2O3. The first-order chi connectivity index (χ1) is 10.1. The number of benzene rings is 1. The summed E-state index contributed by atoms with van der Waals surface area (Å²) >= 11 is 0. The van der Waals surface area contributed by atoms with E-state index in [2.05, 4.69) is 10.6 Å². The van der Waals surface area contributed by atoms with Crippen LogP contribution in [0.15, 0.2) is 30.3 Å². The highest BCUT2D eigenvalue weighted by atomic mass is 16.4. The van der Waals surface area contributed by atoms with Gasteiger partial charge in [0.25, 0.3) is 0 Å². The second-order valence-electron chi connectivity index (χ2n) is 5.23. The van der Waals surface area contributed by atoms with E-state index in [9.17, 15) is 9.59 Å². The monoisotopic (exact) mass is 288 g/mol. The van der Waals surface area contributed by atoms with Crippen molar-refractivity contribution >= 4 is 18.1 Å². The molecule has 1 aliphatic rings. The van der Waals surface area contributed by atoms with Gasteiger partial charge in [-0.15, -0.1) is 0 Å². The van der Waals surface area contributed by atoms with E-state index in [4.69, 9.17) is 5.11 Å². The number of hydrogen-bond donors (Lipinski definition) is 3. The average molecular weight is 288 g/mol. The van der Waals surface area contributed by atoms with E-state index in [-0.39, 0.29) is 6.03 Å². The minimum Gasteiger partial charge on any atom is -0.478 e. The van der Waals surface area contributed by atoms with E-state index < -0.39 is 5.97 Å². The van der Waals surface area contributed by atoms with Gasteiger partial charge in [-0.05, 0) is 36.1 Å². The van der Waals surface area contributed by atoms with Crippen molar-refractivity contribution in [2.45, 2.75) is 38.3 Å². The van der Waals surface area contributed by atoms with Crippen molar-refractivity contribution < 1.29 is 14.7 Å². The smallest absolute Gasteiger partial charge is 0.328 e. The summed E-state index contributed by atoms with van der Waals surface area (Å²) in [5.74, 6) is -0.977. The van der Waals surface area contributed by atoms with Crippen LogP contribution < -0.4 is 10.6 Å². The topological polar surface area (TPSA) is 78.4 Å². The van der Waals surface area contributed by atoms with Crippen LogP contribution in [-0.2, 0) is 11.3 Å². The number of aliphatic carboxylic acids is 1. The largest absolute Gasteiger partial charge is 0.478 e. The number of carbonyl (C=O) groups is 2. The average Bonchev–Trinajstić information content (AvgIpc) is 2.96. The SMILES string of the molecule is O=C(O)/C=C/c1cccc(CNC(=O)NC2CCCC2)c1. The van der Waals surface area contributed by atoms with Gasteiger partial charge in [-0.2, -0.15) is 0 Å². The van der Waals surface area contributed by atoms with Gasteiger partial charge in [0.2, 0.25) is 0 Å². The Morgan fingerprint density at radius 3 is 2.76 bits per heavy atom. The van der Waals surface area contributed by atoms with Gasteiger partial charge in [-0.25, -0.2) is 9.59 Å². The van der Waals surface area contributed by atoms with Crippen molar-refractivity contribution in [2.24, 2.45) is 0 Å². The molecule has 5 heteroatoms. The Labute approximate surface area is 124 Å². The molecule has 1 fully saturated rings. The molecule has 3 N–H and O–H groups in total. The van der Waals surface area contributed by atoms with Gasteiger partial charge in [0.15, 0.2) is 0 Å². The molecule has 0 bridgehead atoms. The second-order valence-corrected chi connectivity index (χ2v) is 5.23. The third kappa shape index (κ3) is 5.30. The van der Waals surface area contributed by atoms with Gasteiger partial charge < -0.3 is 15.7 Å². The molecule has 2 amide bonds. The Bertz CT molecular complexity index is 534. The van der Waals surface area contributed by atoms with Crippen LogP contribution in [0.5, 0.6) is 0 Å². The first-order valence-corrected chi connectivity index (χ1v) is 7.18. The molecule has 0 spiro atoms. The predicted molar refractivity (Wildman–Crippen MR) is 80.7 cm³/mol. The Hall–Kier alpha value is -2.30. The fraction of sp³-hybridized carbons (Fsp3) is 0.375. The Morgan fingerprint density at radius 2 is 2.05 bits per heavy atom. The standard InChI is InChI=1S/C16H20N2O3/c19-15(20)9-8-12-4-3-5-13(10-12)11-17-16(21)18-14-6-1-2-7-14/h3-5,8-10,14H,1-2,6-7,11H2,(H,19,20)(H2,17,18,21)/b9-8+. The first kappa shape index (κ1) is 15.1. The Balaban J connectivity index is 1.83. The molecule has 1 aromatic rings. The van der Waals surface area contributed by atoms with Crippen LogP contribution in [0.25, 0.3) is 6.08 Å². The lowest BCUT2D eigenvalue weighted by molar-refractivity contribution is -0.131. The summed E-state index contributed by atoms with van der Waals surface area (Å²) in [6.07, 6.45) is 7.11. The van der Waals surface area contributed by atoms with Gasteiger partial charge in [-0.3, -0.25) is 0 Å². The number of carboxylic acids is 1. The molecule has 21 heavy (non-hydrogen) atoms. The van der Waals surface area contributed by atoms with Crippen molar-refractivity contribution in [1.29, 1.82) is 0 Å². The summed E-state index contributed by atoms with van der Waals surface area (Å²) in [6.45, 7) is 0.424. The van der Waals surface area contributed by atoms with Crippen LogP contribution in [0.3, 0.4) is 0 Å². The van der Waals surface area contributed by atoms with E-state index in [0.717, 1.165) is 30.0 Å². The van der Waals surface area contributed by atoms with Crippen molar-refractivity contribution in [2.75, 3.05) is 0 Å². The lowest BCUT2D eigenvalue weighted by Gasteiger charge is -2.13. The molecule has 0 heterocycles. The van der Waals surface area contributed by atoms with Gasteiger partial charge in [0, 0.05) is 18.7 Å². The maximum absolute atomic E-state index is 11.8. The van der Waals surface area contributed by atoms with Crippen LogP contribution in [-0.4, -0.2) is 23.1 Å². The lowest BCUT2D eigenvalue weighted by Crippen LogP contribution is -2.40. The molecule has 112 valence electrons. The third-order valence-corrected chi connectivity index (χ3v) is 3.51. The number of hydrogen-bond acceptors (Lipinski definition) is 2. The number of rotatable bonds is 5.